The van der Waals surface area contributed by atoms with Gasteiger partial charge in [0.05, 0.1) is 25.5 Å². The summed E-state index contributed by atoms with van der Waals surface area (Å²) in [5.74, 6) is -0.399. The molecule has 1 aromatic heterocycles. The molecule has 0 aliphatic heterocycles. The Morgan fingerprint density at radius 1 is 1.38 bits per heavy atom. The Hall–Kier alpha value is -1.64. The topological polar surface area (TPSA) is 66.2 Å². The number of rotatable bonds is 7. The van der Waals surface area contributed by atoms with Gasteiger partial charge in [-0.25, -0.2) is 9.48 Å². The SMILES string of the molecule is Cc1c(C(=O)OCC(C)C)nnn1CCOCC(F)(F)F. The van der Waals surface area contributed by atoms with Crippen LogP contribution >= 0.6 is 0 Å². The fraction of sp³-hybridized carbons (Fsp3) is 0.750. The highest BCUT2D eigenvalue weighted by Crippen LogP contribution is 2.14. The van der Waals surface area contributed by atoms with E-state index in [1.165, 1.54) is 4.68 Å². The molecular weight excluding hydrogens is 291 g/mol. The Morgan fingerprint density at radius 2 is 2.05 bits per heavy atom. The van der Waals surface area contributed by atoms with Gasteiger partial charge in [0, 0.05) is 0 Å². The molecule has 0 aromatic carbocycles. The molecular formula is C12H18F3N3O3. The van der Waals surface area contributed by atoms with Crippen LogP contribution in [0, 0.1) is 12.8 Å². The highest BCUT2D eigenvalue weighted by molar-refractivity contribution is 5.88. The van der Waals surface area contributed by atoms with Crippen molar-refractivity contribution in [3.8, 4) is 0 Å². The second kappa shape index (κ2) is 7.39. The monoisotopic (exact) mass is 309 g/mol. The van der Waals surface area contributed by atoms with Gasteiger partial charge in [-0.15, -0.1) is 5.10 Å². The van der Waals surface area contributed by atoms with Gasteiger partial charge < -0.3 is 9.47 Å². The van der Waals surface area contributed by atoms with Gasteiger partial charge in [0.25, 0.3) is 0 Å². The molecule has 0 unspecified atom stereocenters. The second-order valence-electron chi connectivity index (χ2n) is 4.91. The van der Waals surface area contributed by atoms with Crippen molar-refractivity contribution in [1.82, 2.24) is 15.0 Å². The smallest absolute Gasteiger partial charge is 0.411 e. The quantitative estimate of drug-likeness (QED) is 0.569. The molecule has 0 atom stereocenters. The Bertz CT molecular complexity index is 472. The van der Waals surface area contributed by atoms with Crippen LogP contribution in [0.25, 0.3) is 0 Å². The Kier molecular flexibility index (Phi) is 6.13. The van der Waals surface area contributed by atoms with Crippen LogP contribution in [0.2, 0.25) is 0 Å². The van der Waals surface area contributed by atoms with Crippen molar-refractivity contribution < 1.29 is 27.4 Å². The molecule has 21 heavy (non-hydrogen) atoms. The van der Waals surface area contributed by atoms with Crippen LogP contribution in [0.1, 0.15) is 30.0 Å². The molecule has 0 bridgehead atoms. The number of hydrogen-bond acceptors (Lipinski definition) is 5. The molecule has 0 spiro atoms. The maximum absolute atomic E-state index is 11.9. The van der Waals surface area contributed by atoms with Crippen molar-refractivity contribution in [1.29, 1.82) is 0 Å². The summed E-state index contributed by atoms with van der Waals surface area (Å²) in [6, 6.07) is 0. The molecule has 1 aromatic rings. The summed E-state index contributed by atoms with van der Waals surface area (Å²) >= 11 is 0. The van der Waals surface area contributed by atoms with E-state index < -0.39 is 18.8 Å². The van der Waals surface area contributed by atoms with E-state index in [0.717, 1.165) is 0 Å². The molecule has 0 aliphatic carbocycles. The highest BCUT2D eigenvalue weighted by atomic mass is 19.4. The Morgan fingerprint density at radius 3 is 2.62 bits per heavy atom. The number of esters is 1. The van der Waals surface area contributed by atoms with Gasteiger partial charge in [0.15, 0.2) is 5.69 Å². The lowest BCUT2D eigenvalue weighted by molar-refractivity contribution is -0.174. The minimum atomic E-state index is -4.36. The van der Waals surface area contributed by atoms with Gasteiger partial charge in [0.2, 0.25) is 0 Å². The molecule has 9 heteroatoms. The highest BCUT2D eigenvalue weighted by Gasteiger charge is 2.27. The van der Waals surface area contributed by atoms with Gasteiger partial charge in [0.1, 0.15) is 6.61 Å². The first-order valence-electron chi connectivity index (χ1n) is 6.42. The third kappa shape index (κ3) is 6.11. The van der Waals surface area contributed by atoms with Crippen LogP contribution in [-0.2, 0) is 16.0 Å². The molecule has 6 nitrogen and oxygen atoms in total. The number of ether oxygens (including phenoxy) is 2. The maximum atomic E-state index is 11.9. The van der Waals surface area contributed by atoms with E-state index in [0.29, 0.717) is 5.69 Å². The first-order chi connectivity index (χ1) is 9.70. The van der Waals surface area contributed by atoms with Gasteiger partial charge in [-0.3, -0.25) is 0 Å². The number of carbonyl (C=O) groups is 1. The Labute approximate surface area is 120 Å². The summed E-state index contributed by atoms with van der Waals surface area (Å²) in [6.07, 6.45) is -4.36. The number of halogens is 3. The molecule has 0 saturated heterocycles. The fourth-order valence-electron chi connectivity index (χ4n) is 1.41. The molecule has 1 rings (SSSR count). The minimum Gasteiger partial charge on any atom is -0.461 e. The minimum absolute atomic E-state index is 0.0615. The fourth-order valence-corrected chi connectivity index (χ4v) is 1.41. The van der Waals surface area contributed by atoms with Crippen LogP contribution in [0.3, 0.4) is 0 Å². The van der Waals surface area contributed by atoms with Crippen LogP contribution in [0.5, 0.6) is 0 Å². The van der Waals surface area contributed by atoms with Crippen molar-refractivity contribution in [3.63, 3.8) is 0 Å². The van der Waals surface area contributed by atoms with Gasteiger partial charge in [-0.1, -0.05) is 19.1 Å². The lowest BCUT2D eigenvalue weighted by Crippen LogP contribution is -2.19. The molecule has 120 valence electrons. The summed E-state index contributed by atoms with van der Waals surface area (Å²) in [7, 11) is 0. The first kappa shape index (κ1) is 17.4. The van der Waals surface area contributed by atoms with Crippen molar-refractivity contribution in [3.05, 3.63) is 11.4 Å². The van der Waals surface area contributed by atoms with Gasteiger partial charge >= 0.3 is 12.1 Å². The molecule has 1 heterocycles. The van der Waals surface area contributed by atoms with Crippen molar-refractivity contribution >= 4 is 5.97 Å². The maximum Gasteiger partial charge on any atom is 0.411 e. The molecule has 0 saturated carbocycles. The third-order valence-electron chi connectivity index (χ3n) is 2.44. The molecule has 0 radical (unpaired) electrons. The van der Waals surface area contributed by atoms with Crippen molar-refractivity contribution in [2.24, 2.45) is 5.92 Å². The Balaban J connectivity index is 2.49. The van der Waals surface area contributed by atoms with E-state index in [-0.39, 0.29) is 31.4 Å². The van der Waals surface area contributed by atoms with E-state index in [9.17, 15) is 18.0 Å². The van der Waals surface area contributed by atoms with E-state index in [1.54, 1.807) is 6.92 Å². The van der Waals surface area contributed by atoms with E-state index in [1.807, 2.05) is 13.8 Å². The summed E-state index contributed by atoms with van der Waals surface area (Å²) < 4.78 is 46.5. The zero-order chi connectivity index (χ0) is 16.0. The summed E-state index contributed by atoms with van der Waals surface area (Å²) in [5, 5.41) is 7.38. The lowest BCUT2D eigenvalue weighted by Gasteiger charge is -2.08. The largest absolute Gasteiger partial charge is 0.461 e. The van der Waals surface area contributed by atoms with Crippen molar-refractivity contribution in [2.75, 3.05) is 19.8 Å². The lowest BCUT2D eigenvalue weighted by atomic mass is 10.2. The third-order valence-corrected chi connectivity index (χ3v) is 2.44. The molecule has 0 fully saturated rings. The van der Waals surface area contributed by atoms with Crippen molar-refractivity contribution in [2.45, 2.75) is 33.5 Å². The number of aromatic nitrogens is 3. The second-order valence-corrected chi connectivity index (χ2v) is 4.91. The number of nitrogens with zero attached hydrogens (tertiary/aromatic N) is 3. The van der Waals surface area contributed by atoms with Crippen LogP contribution < -0.4 is 0 Å². The van der Waals surface area contributed by atoms with Gasteiger partial charge in [-0.05, 0) is 12.8 Å². The van der Waals surface area contributed by atoms with Crippen LogP contribution in [0.15, 0.2) is 0 Å². The van der Waals surface area contributed by atoms with E-state index in [4.69, 9.17) is 4.74 Å². The molecule has 0 N–H and O–H groups in total. The normalized spacial score (nSPS) is 12.0. The molecule has 0 aliphatic rings. The summed E-state index contributed by atoms with van der Waals surface area (Å²) in [4.78, 5) is 11.7. The summed E-state index contributed by atoms with van der Waals surface area (Å²) in [6.45, 7) is 4.24. The predicted molar refractivity (Wildman–Crippen MR) is 66.8 cm³/mol. The van der Waals surface area contributed by atoms with Gasteiger partial charge in [-0.2, -0.15) is 13.2 Å². The molecule has 0 amide bonds. The van der Waals surface area contributed by atoms with Crippen LogP contribution in [-0.4, -0.2) is 47.0 Å². The predicted octanol–water partition coefficient (Wildman–Crippen LogP) is 1.98. The van der Waals surface area contributed by atoms with E-state index >= 15 is 0 Å². The average molecular weight is 309 g/mol. The first-order valence-corrected chi connectivity index (χ1v) is 6.42. The number of carbonyl (C=O) groups excluding carboxylic acids is 1. The van der Waals surface area contributed by atoms with Crippen LogP contribution in [0.4, 0.5) is 13.2 Å². The zero-order valence-corrected chi connectivity index (χ0v) is 12.1. The standard InChI is InChI=1S/C12H18F3N3O3/c1-8(2)6-21-11(19)10-9(3)18(17-16-10)4-5-20-7-12(13,14)15/h8H,4-7H2,1-3H3. The number of hydrogen-bond donors (Lipinski definition) is 0. The van der Waals surface area contributed by atoms with E-state index in [2.05, 4.69) is 15.0 Å². The zero-order valence-electron chi connectivity index (χ0n) is 12.1. The number of alkyl halides is 3. The average Bonchev–Trinajstić information content (AvgIpc) is 2.72. The summed E-state index contributed by atoms with van der Waals surface area (Å²) in [5.41, 5.74) is 0.492.